The number of rotatable bonds is 5. The third kappa shape index (κ3) is 3.33. The number of thioether (sulfide) groups is 1. The summed E-state index contributed by atoms with van der Waals surface area (Å²) >= 11 is 1.72. The monoisotopic (exact) mass is 211 g/mol. The third-order valence-corrected chi connectivity index (χ3v) is 3.45. The fourth-order valence-electron chi connectivity index (χ4n) is 1.26. The summed E-state index contributed by atoms with van der Waals surface area (Å²) in [6.45, 7) is 2.82. The lowest BCUT2D eigenvalue weighted by Gasteiger charge is -2.18. The Morgan fingerprint density at radius 2 is 2.00 bits per heavy atom. The quantitative estimate of drug-likeness (QED) is 0.780. The van der Waals surface area contributed by atoms with Crippen molar-refractivity contribution < 1.29 is 5.11 Å². The molecular formula is C11H17NOS. The van der Waals surface area contributed by atoms with Crippen molar-refractivity contribution in [3.63, 3.8) is 0 Å². The maximum Gasteiger partial charge on any atom is 0.0547 e. The number of aliphatic hydroxyl groups is 1. The van der Waals surface area contributed by atoms with Gasteiger partial charge in [-0.1, -0.05) is 37.3 Å². The van der Waals surface area contributed by atoms with Crippen LogP contribution in [0.4, 0.5) is 0 Å². The SMILES string of the molecule is CC(CO)SC(CN)c1ccccc1. The van der Waals surface area contributed by atoms with Gasteiger partial charge in [0.15, 0.2) is 0 Å². The van der Waals surface area contributed by atoms with E-state index in [-0.39, 0.29) is 11.9 Å². The number of nitrogens with two attached hydrogens (primary N) is 1. The second-order valence-corrected chi connectivity index (χ2v) is 4.91. The molecule has 2 atom stereocenters. The van der Waals surface area contributed by atoms with E-state index in [4.69, 9.17) is 10.8 Å². The van der Waals surface area contributed by atoms with E-state index in [0.717, 1.165) is 0 Å². The predicted molar refractivity (Wildman–Crippen MR) is 62.4 cm³/mol. The van der Waals surface area contributed by atoms with Gasteiger partial charge in [-0.25, -0.2) is 0 Å². The fourth-order valence-corrected chi connectivity index (χ4v) is 2.33. The third-order valence-electron chi connectivity index (χ3n) is 2.04. The summed E-state index contributed by atoms with van der Waals surface area (Å²) < 4.78 is 0. The first kappa shape index (κ1) is 11.6. The molecule has 0 aliphatic heterocycles. The topological polar surface area (TPSA) is 46.2 Å². The smallest absolute Gasteiger partial charge is 0.0547 e. The zero-order chi connectivity index (χ0) is 10.4. The molecule has 3 N–H and O–H groups in total. The van der Waals surface area contributed by atoms with Crippen LogP contribution in [0.15, 0.2) is 30.3 Å². The van der Waals surface area contributed by atoms with Crippen molar-refractivity contribution in [2.45, 2.75) is 17.4 Å². The zero-order valence-electron chi connectivity index (χ0n) is 8.39. The molecule has 0 fully saturated rings. The van der Waals surface area contributed by atoms with Crippen LogP contribution in [0.1, 0.15) is 17.7 Å². The Kier molecular flexibility index (Phi) is 5.01. The van der Waals surface area contributed by atoms with Crippen LogP contribution in [0, 0.1) is 0 Å². The van der Waals surface area contributed by atoms with Gasteiger partial charge in [-0.3, -0.25) is 0 Å². The van der Waals surface area contributed by atoms with E-state index in [1.165, 1.54) is 5.56 Å². The van der Waals surface area contributed by atoms with Crippen LogP contribution in [0.2, 0.25) is 0 Å². The Morgan fingerprint density at radius 3 is 2.50 bits per heavy atom. The minimum atomic E-state index is 0.202. The molecule has 0 aromatic heterocycles. The summed E-state index contributed by atoms with van der Waals surface area (Å²) in [5.41, 5.74) is 6.94. The van der Waals surface area contributed by atoms with E-state index in [0.29, 0.717) is 11.8 Å². The summed E-state index contributed by atoms with van der Waals surface area (Å²) in [5.74, 6) is 0. The predicted octanol–water partition coefficient (Wildman–Crippen LogP) is 1.80. The number of hydrogen-bond acceptors (Lipinski definition) is 3. The first-order valence-electron chi connectivity index (χ1n) is 4.79. The van der Waals surface area contributed by atoms with Gasteiger partial charge < -0.3 is 10.8 Å². The van der Waals surface area contributed by atoms with Gasteiger partial charge >= 0.3 is 0 Å². The van der Waals surface area contributed by atoms with Crippen LogP contribution >= 0.6 is 11.8 Å². The van der Waals surface area contributed by atoms with Gasteiger partial charge in [0, 0.05) is 17.0 Å². The molecule has 78 valence electrons. The summed E-state index contributed by atoms with van der Waals surface area (Å²) in [6, 6.07) is 10.2. The Morgan fingerprint density at radius 1 is 1.36 bits per heavy atom. The highest BCUT2D eigenvalue weighted by atomic mass is 32.2. The highest BCUT2D eigenvalue weighted by molar-refractivity contribution is 8.00. The number of aliphatic hydroxyl groups excluding tert-OH is 1. The molecule has 2 nitrogen and oxygen atoms in total. The van der Waals surface area contributed by atoms with Crippen molar-refractivity contribution in [3.05, 3.63) is 35.9 Å². The molecule has 1 aromatic carbocycles. The molecule has 1 rings (SSSR count). The average molecular weight is 211 g/mol. The summed E-state index contributed by atoms with van der Waals surface area (Å²) in [5, 5.41) is 9.49. The van der Waals surface area contributed by atoms with Crippen LogP contribution in [-0.4, -0.2) is 23.5 Å². The molecule has 14 heavy (non-hydrogen) atoms. The van der Waals surface area contributed by atoms with Crippen molar-refractivity contribution in [1.29, 1.82) is 0 Å². The maximum absolute atomic E-state index is 8.96. The van der Waals surface area contributed by atoms with Gasteiger partial charge in [0.25, 0.3) is 0 Å². The van der Waals surface area contributed by atoms with E-state index < -0.39 is 0 Å². The van der Waals surface area contributed by atoms with Crippen LogP contribution < -0.4 is 5.73 Å². The second-order valence-electron chi connectivity index (χ2n) is 3.26. The van der Waals surface area contributed by atoms with Crippen LogP contribution in [-0.2, 0) is 0 Å². The molecular weight excluding hydrogens is 194 g/mol. The Hall–Kier alpha value is -0.510. The number of benzene rings is 1. The number of hydrogen-bond donors (Lipinski definition) is 2. The Bertz CT molecular complexity index is 253. The summed E-state index contributed by atoms with van der Waals surface area (Å²) in [4.78, 5) is 0. The van der Waals surface area contributed by atoms with Gasteiger partial charge in [-0.05, 0) is 5.56 Å². The molecule has 1 aromatic rings. The lowest BCUT2D eigenvalue weighted by molar-refractivity contribution is 0.300. The second kappa shape index (κ2) is 6.06. The van der Waals surface area contributed by atoms with E-state index in [1.807, 2.05) is 25.1 Å². The van der Waals surface area contributed by atoms with Crippen LogP contribution in [0.5, 0.6) is 0 Å². The molecule has 0 bridgehead atoms. The van der Waals surface area contributed by atoms with Crippen LogP contribution in [0.3, 0.4) is 0 Å². The minimum Gasteiger partial charge on any atom is -0.395 e. The molecule has 0 radical (unpaired) electrons. The Balaban J connectivity index is 2.63. The average Bonchev–Trinajstić information content (AvgIpc) is 2.26. The van der Waals surface area contributed by atoms with Gasteiger partial charge in [0.05, 0.1) is 6.61 Å². The standard InChI is InChI=1S/C11H17NOS/c1-9(8-13)14-11(7-12)10-5-3-2-4-6-10/h2-6,9,11,13H,7-8,12H2,1H3. The van der Waals surface area contributed by atoms with Gasteiger partial charge in [-0.2, -0.15) is 0 Å². The highest BCUT2D eigenvalue weighted by Gasteiger charge is 2.13. The van der Waals surface area contributed by atoms with Crippen molar-refractivity contribution in [2.75, 3.05) is 13.2 Å². The van der Waals surface area contributed by atoms with E-state index in [1.54, 1.807) is 11.8 Å². The largest absolute Gasteiger partial charge is 0.395 e. The van der Waals surface area contributed by atoms with Crippen molar-refractivity contribution in [3.8, 4) is 0 Å². The molecule has 2 unspecified atom stereocenters. The highest BCUT2D eigenvalue weighted by Crippen LogP contribution is 2.30. The first-order chi connectivity index (χ1) is 6.77. The molecule has 0 saturated carbocycles. The van der Waals surface area contributed by atoms with Crippen LogP contribution in [0.25, 0.3) is 0 Å². The molecule has 0 saturated heterocycles. The van der Waals surface area contributed by atoms with Gasteiger partial charge in [-0.15, -0.1) is 11.8 Å². The van der Waals surface area contributed by atoms with E-state index >= 15 is 0 Å². The first-order valence-corrected chi connectivity index (χ1v) is 5.73. The molecule has 0 spiro atoms. The van der Waals surface area contributed by atoms with Gasteiger partial charge in [0.2, 0.25) is 0 Å². The lowest BCUT2D eigenvalue weighted by Crippen LogP contribution is -2.14. The van der Waals surface area contributed by atoms with E-state index in [2.05, 4.69) is 12.1 Å². The fraction of sp³-hybridized carbons (Fsp3) is 0.455. The van der Waals surface area contributed by atoms with Crippen molar-refractivity contribution in [1.82, 2.24) is 0 Å². The van der Waals surface area contributed by atoms with Gasteiger partial charge in [0.1, 0.15) is 0 Å². The zero-order valence-corrected chi connectivity index (χ0v) is 9.20. The molecule has 0 heterocycles. The minimum absolute atomic E-state index is 0.202. The molecule has 0 amide bonds. The van der Waals surface area contributed by atoms with E-state index in [9.17, 15) is 0 Å². The normalized spacial score (nSPS) is 15.1. The summed E-state index contributed by atoms with van der Waals surface area (Å²) in [6.07, 6.45) is 0. The maximum atomic E-state index is 8.96. The molecule has 0 aliphatic carbocycles. The molecule has 3 heteroatoms. The Labute approximate surface area is 89.5 Å². The lowest BCUT2D eigenvalue weighted by atomic mass is 10.1. The van der Waals surface area contributed by atoms with Crippen molar-refractivity contribution >= 4 is 11.8 Å². The summed E-state index contributed by atoms with van der Waals surface area (Å²) in [7, 11) is 0. The molecule has 0 aliphatic rings. The van der Waals surface area contributed by atoms with Crippen molar-refractivity contribution in [2.24, 2.45) is 5.73 Å².